The van der Waals surface area contributed by atoms with Gasteiger partial charge >= 0.3 is 5.97 Å². The summed E-state index contributed by atoms with van der Waals surface area (Å²) in [5.74, 6) is 0.244. The molecular weight excluding hydrogens is 695 g/mol. The second-order valence-electron chi connectivity index (χ2n) is 10.4. The van der Waals surface area contributed by atoms with Gasteiger partial charge in [0.25, 0.3) is 11.4 Å². The number of ether oxygens (including phenoxy) is 7. The quantitative estimate of drug-likeness (QED) is 0.187. The molecule has 0 unspecified atom stereocenters. The molecule has 4 saturated heterocycles. The molecule has 16 nitrogen and oxygen atoms in total. The van der Waals surface area contributed by atoms with Gasteiger partial charge in [-0.25, -0.2) is 0 Å². The highest BCUT2D eigenvalue weighted by Gasteiger charge is 2.51. The highest BCUT2D eigenvalue weighted by Crippen LogP contribution is 2.36. The van der Waals surface area contributed by atoms with Gasteiger partial charge in [-0.1, -0.05) is 23.2 Å². The van der Waals surface area contributed by atoms with Gasteiger partial charge in [-0.3, -0.25) is 29.8 Å². The summed E-state index contributed by atoms with van der Waals surface area (Å²) in [6.45, 7) is 3.60. The van der Waals surface area contributed by atoms with Crippen LogP contribution in [-0.4, -0.2) is 101 Å². The number of carbonyl (C=O) groups excluding carboxylic acids is 2. The van der Waals surface area contributed by atoms with Crippen LogP contribution in [0.5, 0.6) is 11.5 Å². The van der Waals surface area contributed by atoms with E-state index in [1.54, 1.807) is 0 Å². The fourth-order valence-electron chi connectivity index (χ4n) is 5.11. The Bertz CT molecular complexity index is 1480. The molecular formula is C28H29Cl3N2O14. The number of hydrogen-bond donors (Lipinski definition) is 1. The summed E-state index contributed by atoms with van der Waals surface area (Å²) < 4.78 is 38.6. The van der Waals surface area contributed by atoms with Gasteiger partial charge in [-0.2, -0.15) is 0 Å². The summed E-state index contributed by atoms with van der Waals surface area (Å²) in [5, 5.41) is 30.9. The van der Waals surface area contributed by atoms with Crippen LogP contribution in [0.3, 0.4) is 0 Å². The van der Waals surface area contributed by atoms with E-state index in [0.29, 0.717) is 11.5 Å². The third-order valence-corrected chi connectivity index (χ3v) is 7.66. The Hall–Kier alpha value is -3.35. The fraction of sp³-hybridized carbons (Fsp3) is 0.500. The van der Waals surface area contributed by atoms with Crippen LogP contribution in [0.25, 0.3) is 0 Å². The fourth-order valence-corrected chi connectivity index (χ4v) is 5.55. The summed E-state index contributed by atoms with van der Waals surface area (Å²) in [7, 11) is 0. The van der Waals surface area contributed by atoms with E-state index in [2.05, 4.69) is 11.6 Å². The van der Waals surface area contributed by atoms with Gasteiger partial charge in [0.2, 0.25) is 5.24 Å². The molecule has 2 aromatic rings. The van der Waals surface area contributed by atoms with Gasteiger partial charge in [0.15, 0.2) is 18.3 Å². The number of hydrogen-bond acceptors (Lipinski definition) is 14. The van der Waals surface area contributed by atoms with E-state index >= 15 is 0 Å². The van der Waals surface area contributed by atoms with Crippen molar-refractivity contribution >= 4 is 57.4 Å². The Morgan fingerprint density at radius 2 is 1.13 bits per heavy atom. The zero-order valence-electron chi connectivity index (χ0n) is 24.7. The maximum atomic E-state index is 11.1. The van der Waals surface area contributed by atoms with Crippen LogP contribution in [-0.2, 0) is 33.3 Å². The number of rotatable bonds is 7. The monoisotopic (exact) mass is 722 g/mol. The second-order valence-corrected chi connectivity index (χ2v) is 11.8. The third kappa shape index (κ3) is 9.39. The number of aliphatic hydroxyl groups is 1. The maximum absolute atomic E-state index is 11.1. The highest BCUT2D eigenvalue weighted by atomic mass is 35.5. The Labute approximate surface area is 281 Å². The molecule has 0 amide bonds. The average molecular weight is 724 g/mol. The van der Waals surface area contributed by atoms with Crippen LogP contribution < -0.4 is 9.47 Å². The number of carbonyl (C=O) groups is 2. The maximum Gasteiger partial charge on any atom is 0.303 e. The molecule has 4 heterocycles. The highest BCUT2D eigenvalue weighted by molar-refractivity contribution is 6.62. The summed E-state index contributed by atoms with van der Waals surface area (Å²) in [6, 6.07) is 7.96. The van der Waals surface area contributed by atoms with E-state index in [1.807, 2.05) is 0 Å². The summed E-state index contributed by atoms with van der Waals surface area (Å²) in [5.41, 5.74) is -0.217. The van der Waals surface area contributed by atoms with Crippen LogP contribution in [0.2, 0.25) is 10.0 Å². The van der Waals surface area contributed by atoms with Crippen molar-refractivity contribution in [3.63, 3.8) is 0 Å². The normalized spacial score (nSPS) is 28.5. The second kappa shape index (κ2) is 16.2. The van der Waals surface area contributed by atoms with Crippen LogP contribution in [0, 0.1) is 20.2 Å². The minimum atomic E-state index is -0.652. The Kier molecular flexibility index (Phi) is 12.5. The number of halogens is 3. The van der Waals surface area contributed by atoms with E-state index in [0.717, 1.165) is 0 Å². The topological polar surface area (TPSA) is 205 Å². The zero-order chi connectivity index (χ0) is 34.4. The number of fused-ring (bicyclic) bond motifs is 2. The number of non-ortho nitro benzene ring substituents is 2. The SMILES string of the molecule is CC(=O)Cl.CC(=O)O[C@H]1CO[C@H]2[C@@H]1OC[C@@H]2Oc1ccc([N+](=O)[O-])cc1Cl.O=[N+]([O-])c1ccc(O[C@H]2CO[C@H]3[C@@H]2OC[C@@H]3O)c(Cl)c1. The molecule has 256 valence electrons. The molecule has 4 fully saturated rings. The van der Waals surface area contributed by atoms with Crippen LogP contribution in [0.4, 0.5) is 11.4 Å². The molecule has 19 heteroatoms. The van der Waals surface area contributed by atoms with Crippen LogP contribution in [0.15, 0.2) is 36.4 Å². The van der Waals surface area contributed by atoms with Gasteiger partial charge in [-0.15, -0.1) is 0 Å². The lowest BCUT2D eigenvalue weighted by atomic mass is 10.1. The number of aliphatic hydroxyl groups excluding tert-OH is 1. The minimum absolute atomic E-state index is 0.101. The molecule has 0 bridgehead atoms. The molecule has 0 spiro atoms. The first-order valence-electron chi connectivity index (χ1n) is 13.9. The molecule has 4 aliphatic rings. The van der Waals surface area contributed by atoms with Crippen molar-refractivity contribution in [2.75, 3.05) is 26.4 Å². The predicted molar refractivity (Wildman–Crippen MR) is 162 cm³/mol. The molecule has 0 aromatic heterocycles. The lowest BCUT2D eigenvalue weighted by Crippen LogP contribution is -2.36. The van der Waals surface area contributed by atoms with Crippen molar-refractivity contribution in [3.05, 3.63) is 66.7 Å². The molecule has 0 radical (unpaired) electrons. The molecule has 4 aliphatic heterocycles. The first-order chi connectivity index (χ1) is 22.2. The van der Waals surface area contributed by atoms with E-state index in [4.69, 9.17) is 56.4 Å². The van der Waals surface area contributed by atoms with E-state index in [9.17, 15) is 34.9 Å². The summed E-state index contributed by atoms with van der Waals surface area (Å²) in [6.07, 6.45) is -3.45. The first kappa shape index (κ1) is 36.5. The van der Waals surface area contributed by atoms with Crippen molar-refractivity contribution in [2.45, 2.75) is 62.7 Å². The number of benzene rings is 2. The minimum Gasteiger partial charge on any atom is -0.484 e. The van der Waals surface area contributed by atoms with Gasteiger partial charge < -0.3 is 38.3 Å². The largest absolute Gasteiger partial charge is 0.484 e. The molecule has 2 aromatic carbocycles. The standard InChI is InChI=1S/C14H14ClNO7.C12H12ClNO6.C2H3ClO/c1-7(17)22-11-5-20-14-12(6-21-13(11)14)23-10-3-2-8(16(18)19)4-9(10)15;13-7-3-6(14(16)17)1-2-9(7)20-10-5-19-11-8(15)4-18-12(10)11;1-2(3)4/h2-4,11-14H,5-6H2,1H3;1-3,8,10-12,15H,4-5H2;1H3/t11-,12-,13+,14+;8-,10-,11+,12+;/m00./s1. The Morgan fingerprint density at radius 3 is 1.55 bits per heavy atom. The lowest BCUT2D eigenvalue weighted by molar-refractivity contribution is -0.385. The van der Waals surface area contributed by atoms with Crippen molar-refractivity contribution in [3.8, 4) is 11.5 Å². The molecule has 0 saturated carbocycles. The smallest absolute Gasteiger partial charge is 0.303 e. The van der Waals surface area contributed by atoms with Crippen molar-refractivity contribution < 1.29 is 57.7 Å². The van der Waals surface area contributed by atoms with Gasteiger partial charge in [0.05, 0.1) is 46.3 Å². The molecule has 6 rings (SSSR count). The number of nitrogens with zero attached hydrogens (tertiary/aromatic N) is 2. The Balaban J connectivity index is 0.000000193. The van der Waals surface area contributed by atoms with Crippen LogP contribution >= 0.6 is 34.8 Å². The van der Waals surface area contributed by atoms with Crippen LogP contribution in [0.1, 0.15) is 13.8 Å². The molecule has 47 heavy (non-hydrogen) atoms. The number of nitro benzene ring substituents is 2. The molecule has 8 atom stereocenters. The lowest BCUT2D eigenvalue weighted by Gasteiger charge is -2.18. The summed E-state index contributed by atoms with van der Waals surface area (Å²) in [4.78, 5) is 40.5. The number of esters is 1. The van der Waals surface area contributed by atoms with Crippen molar-refractivity contribution in [2.24, 2.45) is 0 Å². The van der Waals surface area contributed by atoms with E-state index < -0.39 is 46.3 Å². The first-order valence-corrected chi connectivity index (χ1v) is 15.1. The predicted octanol–water partition coefficient (Wildman–Crippen LogP) is 3.65. The van der Waals surface area contributed by atoms with Crippen molar-refractivity contribution in [1.82, 2.24) is 0 Å². The van der Waals surface area contributed by atoms with E-state index in [1.165, 1.54) is 50.2 Å². The van der Waals surface area contributed by atoms with E-state index in [-0.39, 0.29) is 71.4 Å². The van der Waals surface area contributed by atoms with Gasteiger partial charge in [-0.05, 0) is 23.7 Å². The zero-order valence-corrected chi connectivity index (χ0v) is 27.0. The summed E-state index contributed by atoms with van der Waals surface area (Å²) >= 11 is 16.6. The average Bonchev–Trinajstić information content (AvgIpc) is 3.76. The van der Waals surface area contributed by atoms with Gasteiger partial charge in [0.1, 0.15) is 42.0 Å². The third-order valence-electron chi connectivity index (χ3n) is 7.07. The van der Waals surface area contributed by atoms with Crippen molar-refractivity contribution in [1.29, 1.82) is 0 Å². The Morgan fingerprint density at radius 1 is 0.745 bits per heavy atom. The molecule has 1 N–H and O–H groups in total. The van der Waals surface area contributed by atoms with Gasteiger partial charge in [0, 0.05) is 38.1 Å². The molecule has 0 aliphatic carbocycles. The number of nitro groups is 2.